The SMILES string of the molecule is CCN(CC)CC(N)Cc1ccc(C)cc1C. The van der Waals surface area contributed by atoms with Gasteiger partial charge in [-0.1, -0.05) is 37.6 Å². The van der Waals surface area contributed by atoms with E-state index in [1.54, 1.807) is 0 Å². The molecule has 2 nitrogen and oxygen atoms in total. The Labute approximate surface area is 106 Å². The summed E-state index contributed by atoms with van der Waals surface area (Å²) < 4.78 is 0. The molecule has 0 fully saturated rings. The van der Waals surface area contributed by atoms with Crippen LogP contribution >= 0.6 is 0 Å². The minimum Gasteiger partial charge on any atom is -0.326 e. The summed E-state index contributed by atoms with van der Waals surface area (Å²) in [6, 6.07) is 6.86. The van der Waals surface area contributed by atoms with Crippen molar-refractivity contribution in [2.45, 2.75) is 40.2 Å². The quantitative estimate of drug-likeness (QED) is 0.819. The topological polar surface area (TPSA) is 29.3 Å². The Bertz CT molecular complexity index is 343. The predicted molar refractivity (Wildman–Crippen MR) is 75.4 cm³/mol. The molecule has 1 aromatic rings. The minimum atomic E-state index is 0.233. The van der Waals surface area contributed by atoms with Gasteiger partial charge in [-0.15, -0.1) is 0 Å². The number of hydrogen-bond donors (Lipinski definition) is 1. The van der Waals surface area contributed by atoms with Gasteiger partial charge in [0.25, 0.3) is 0 Å². The second-order valence-electron chi connectivity index (χ2n) is 4.88. The van der Waals surface area contributed by atoms with Crippen molar-refractivity contribution in [3.63, 3.8) is 0 Å². The largest absolute Gasteiger partial charge is 0.326 e. The number of nitrogens with two attached hydrogens (primary N) is 1. The molecule has 0 heterocycles. The summed E-state index contributed by atoms with van der Waals surface area (Å²) in [4.78, 5) is 2.38. The van der Waals surface area contributed by atoms with E-state index in [0.29, 0.717) is 0 Å². The van der Waals surface area contributed by atoms with E-state index in [1.165, 1.54) is 16.7 Å². The molecule has 1 atom stereocenters. The zero-order valence-electron chi connectivity index (χ0n) is 11.7. The molecule has 0 aromatic heterocycles. The van der Waals surface area contributed by atoms with E-state index in [2.05, 4.69) is 50.8 Å². The molecule has 2 heteroatoms. The highest BCUT2D eigenvalue weighted by Crippen LogP contribution is 2.12. The van der Waals surface area contributed by atoms with E-state index < -0.39 is 0 Å². The van der Waals surface area contributed by atoms with Gasteiger partial charge in [-0.25, -0.2) is 0 Å². The van der Waals surface area contributed by atoms with Crippen molar-refractivity contribution >= 4 is 0 Å². The first kappa shape index (κ1) is 14.2. The molecule has 1 unspecified atom stereocenters. The van der Waals surface area contributed by atoms with Crippen molar-refractivity contribution in [3.8, 4) is 0 Å². The monoisotopic (exact) mass is 234 g/mol. The molecule has 0 radical (unpaired) electrons. The maximum Gasteiger partial charge on any atom is 0.0208 e. The van der Waals surface area contributed by atoms with Crippen LogP contribution in [-0.2, 0) is 6.42 Å². The Hall–Kier alpha value is -0.860. The van der Waals surface area contributed by atoms with Gasteiger partial charge in [0, 0.05) is 12.6 Å². The fourth-order valence-corrected chi connectivity index (χ4v) is 2.24. The maximum atomic E-state index is 6.22. The summed E-state index contributed by atoms with van der Waals surface area (Å²) >= 11 is 0. The normalized spacial score (nSPS) is 13.1. The van der Waals surface area contributed by atoms with Gasteiger partial charge in [-0.2, -0.15) is 0 Å². The van der Waals surface area contributed by atoms with Gasteiger partial charge in [0.15, 0.2) is 0 Å². The highest BCUT2D eigenvalue weighted by molar-refractivity contribution is 5.30. The zero-order chi connectivity index (χ0) is 12.8. The maximum absolute atomic E-state index is 6.22. The van der Waals surface area contributed by atoms with Crippen LogP contribution < -0.4 is 5.73 Å². The molecule has 0 amide bonds. The van der Waals surface area contributed by atoms with Crippen molar-refractivity contribution in [2.75, 3.05) is 19.6 Å². The number of nitrogens with zero attached hydrogens (tertiary/aromatic N) is 1. The van der Waals surface area contributed by atoms with Gasteiger partial charge in [0.1, 0.15) is 0 Å². The van der Waals surface area contributed by atoms with Crippen LogP contribution in [0, 0.1) is 13.8 Å². The number of rotatable bonds is 6. The molecule has 2 N–H and O–H groups in total. The second-order valence-corrected chi connectivity index (χ2v) is 4.88. The lowest BCUT2D eigenvalue weighted by Crippen LogP contribution is -2.38. The standard InChI is InChI=1S/C15H26N2/c1-5-17(6-2)11-15(16)10-14-8-7-12(3)9-13(14)4/h7-9,15H,5-6,10-11,16H2,1-4H3. The van der Waals surface area contributed by atoms with E-state index >= 15 is 0 Å². The van der Waals surface area contributed by atoms with E-state index in [-0.39, 0.29) is 6.04 Å². The van der Waals surface area contributed by atoms with Gasteiger partial charge in [-0.05, 0) is 44.5 Å². The molecule has 96 valence electrons. The molecule has 17 heavy (non-hydrogen) atoms. The van der Waals surface area contributed by atoms with Crippen LogP contribution in [0.3, 0.4) is 0 Å². The van der Waals surface area contributed by atoms with Gasteiger partial charge < -0.3 is 10.6 Å². The van der Waals surface area contributed by atoms with Gasteiger partial charge >= 0.3 is 0 Å². The van der Waals surface area contributed by atoms with Crippen LogP contribution in [0.4, 0.5) is 0 Å². The average Bonchev–Trinajstić information content (AvgIpc) is 2.29. The zero-order valence-corrected chi connectivity index (χ0v) is 11.7. The Balaban J connectivity index is 2.58. The third kappa shape index (κ3) is 4.49. The third-order valence-corrected chi connectivity index (χ3v) is 3.37. The van der Waals surface area contributed by atoms with E-state index in [9.17, 15) is 0 Å². The van der Waals surface area contributed by atoms with Gasteiger partial charge in [0.2, 0.25) is 0 Å². The molecule has 0 saturated carbocycles. The predicted octanol–water partition coefficient (Wildman–Crippen LogP) is 2.52. The molecular weight excluding hydrogens is 208 g/mol. The number of benzene rings is 1. The molecule has 0 saturated heterocycles. The van der Waals surface area contributed by atoms with Gasteiger partial charge in [-0.3, -0.25) is 0 Å². The van der Waals surface area contributed by atoms with Crippen molar-refractivity contribution in [1.29, 1.82) is 0 Å². The first-order valence-corrected chi connectivity index (χ1v) is 6.60. The molecule has 0 bridgehead atoms. The smallest absolute Gasteiger partial charge is 0.0208 e. The van der Waals surface area contributed by atoms with Crippen LogP contribution in [0.1, 0.15) is 30.5 Å². The molecule has 0 aliphatic heterocycles. The fraction of sp³-hybridized carbons (Fsp3) is 0.600. The van der Waals surface area contributed by atoms with Crippen LogP contribution in [0.2, 0.25) is 0 Å². The lowest BCUT2D eigenvalue weighted by molar-refractivity contribution is 0.282. The van der Waals surface area contributed by atoms with Crippen LogP contribution in [0.25, 0.3) is 0 Å². The number of hydrogen-bond acceptors (Lipinski definition) is 2. The lowest BCUT2D eigenvalue weighted by atomic mass is 9.99. The Kier molecular flexibility index (Phi) is 5.66. The summed E-state index contributed by atoms with van der Waals surface area (Å²) in [6.45, 7) is 11.8. The van der Waals surface area contributed by atoms with Crippen LogP contribution in [-0.4, -0.2) is 30.6 Å². The van der Waals surface area contributed by atoms with Crippen LogP contribution in [0.15, 0.2) is 18.2 Å². The number of aryl methyl sites for hydroxylation is 2. The van der Waals surface area contributed by atoms with E-state index in [4.69, 9.17) is 5.73 Å². The lowest BCUT2D eigenvalue weighted by Gasteiger charge is -2.23. The molecule has 1 rings (SSSR count). The van der Waals surface area contributed by atoms with E-state index in [1.807, 2.05) is 0 Å². The minimum absolute atomic E-state index is 0.233. The van der Waals surface area contributed by atoms with E-state index in [0.717, 1.165) is 26.1 Å². The van der Waals surface area contributed by atoms with Crippen molar-refractivity contribution < 1.29 is 0 Å². The molecular formula is C15H26N2. The molecule has 1 aromatic carbocycles. The third-order valence-electron chi connectivity index (χ3n) is 3.37. The summed E-state index contributed by atoms with van der Waals surface area (Å²) in [5.74, 6) is 0. The Morgan fingerprint density at radius 2 is 1.82 bits per heavy atom. The Morgan fingerprint density at radius 3 is 2.35 bits per heavy atom. The summed E-state index contributed by atoms with van der Waals surface area (Å²) in [5, 5.41) is 0. The Morgan fingerprint density at radius 1 is 1.18 bits per heavy atom. The summed E-state index contributed by atoms with van der Waals surface area (Å²) in [6.07, 6.45) is 0.975. The summed E-state index contributed by atoms with van der Waals surface area (Å²) in [7, 11) is 0. The van der Waals surface area contributed by atoms with Crippen molar-refractivity contribution in [3.05, 3.63) is 34.9 Å². The van der Waals surface area contributed by atoms with Crippen molar-refractivity contribution in [2.24, 2.45) is 5.73 Å². The average molecular weight is 234 g/mol. The number of likely N-dealkylation sites (N-methyl/N-ethyl adjacent to an activating group) is 1. The second kappa shape index (κ2) is 6.77. The molecule has 0 spiro atoms. The molecule has 0 aliphatic rings. The first-order chi connectivity index (χ1) is 8.06. The molecule has 0 aliphatic carbocycles. The van der Waals surface area contributed by atoms with Crippen LogP contribution in [0.5, 0.6) is 0 Å². The fourth-order valence-electron chi connectivity index (χ4n) is 2.24. The van der Waals surface area contributed by atoms with Gasteiger partial charge in [0.05, 0.1) is 0 Å². The summed E-state index contributed by atoms with van der Waals surface area (Å²) in [5.41, 5.74) is 10.3. The highest BCUT2D eigenvalue weighted by atomic mass is 15.1. The highest BCUT2D eigenvalue weighted by Gasteiger charge is 2.09. The van der Waals surface area contributed by atoms with Crippen molar-refractivity contribution in [1.82, 2.24) is 4.90 Å². The first-order valence-electron chi connectivity index (χ1n) is 6.60.